The lowest BCUT2D eigenvalue weighted by Gasteiger charge is -2.55. The van der Waals surface area contributed by atoms with E-state index in [0.29, 0.717) is 39.9 Å². The number of carbonyl (C=O) groups is 1. The zero-order valence-corrected chi connectivity index (χ0v) is 30.1. The number of carbonyl (C=O) groups excluding carboxylic acids is 1. The average Bonchev–Trinajstić information content (AvgIpc) is 3.05. The maximum Gasteiger partial charge on any atom is 0.261 e. The standard InChI is InChI=1S/C39H42Cl2N2O4S/c1-25(2)26-10-17-32-27(22-26)11-19-36-38(3,20-7-21-39(32,36)4)24-42-37(44)31-23-28(40)12-18-34(31)43-48(45,46)30-15-13-29(14-16-30)47-35-9-6-5-8-33(35)41/h5-6,8-10,12-18,22-23,25,36,43H,7,11,19-21,24H2,1-4H3,(H,42,44)/t36-,38-,39+/m0/s1. The molecule has 0 heterocycles. The predicted molar refractivity (Wildman–Crippen MR) is 194 cm³/mol. The number of anilines is 1. The van der Waals surface area contributed by atoms with Gasteiger partial charge in [-0.3, -0.25) is 9.52 Å². The molecule has 4 aromatic rings. The third kappa shape index (κ3) is 6.83. The Morgan fingerprint density at radius 1 is 0.958 bits per heavy atom. The summed E-state index contributed by atoms with van der Waals surface area (Å²) in [4.78, 5) is 13.8. The molecule has 3 atom stereocenters. The zero-order valence-electron chi connectivity index (χ0n) is 27.8. The first kappa shape index (κ1) is 34.3. The van der Waals surface area contributed by atoms with E-state index in [-0.39, 0.29) is 32.9 Å². The van der Waals surface area contributed by atoms with Crippen LogP contribution in [0.5, 0.6) is 11.5 Å². The highest BCUT2D eigenvalue weighted by molar-refractivity contribution is 7.92. The van der Waals surface area contributed by atoms with Gasteiger partial charge in [0, 0.05) is 11.6 Å². The van der Waals surface area contributed by atoms with Crippen molar-refractivity contribution >= 4 is 44.8 Å². The molecular weight excluding hydrogens is 663 g/mol. The molecule has 4 aromatic carbocycles. The number of benzene rings is 4. The molecule has 2 aliphatic rings. The molecule has 0 radical (unpaired) electrons. The number of hydrogen-bond donors (Lipinski definition) is 2. The van der Waals surface area contributed by atoms with Crippen LogP contribution in [-0.4, -0.2) is 20.9 Å². The van der Waals surface area contributed by atoms with E-state index in [0.717, 1.165) is 32.1 Å². The number of para-hydroxylation sites is 1. The van der Waals surface area contributed by atoms with Gasteiger partial charge in [-0.25, -0.2) is 8.42 Å². The van der Waals surface area contributed by atoms with Crippen molar-refractivity contribution in [3.63, 3.8) is 0 Å². The zero-order chi connectivity index (χ0) is 34.3. The monoisotopic (exact) mass is 704 g/mol. The Labute approximate surface area is 294 Å². The summed E-state index contributed by atoms with van der Waals surface area (Å²) < 4.78 is 35.3. The molecule has 9 heteroatoms. The summed E-state index contributed by atoms with van der Waals surface area (Å²) in [6, 6.07) is 24.7. The normalized spacial score (nSPS) is 22.0. The van der Waals surface area contributed by atoms with Crippen molar-refractivity contribution in [3.8, 4) is 11.5 Å². The van der Waals surface area contributed by atoms with Crippen LogP contribution < -0.4 is 14.8 Å². The van der Waals surface area contributed by atoms with Gasteiger partial charge >= 0.3 is 0 Å². The van der Waals surface area contributed by atoms with Crippen LogP contribution in [-0.2, 0) is 21.9 Å². The van der Waals surface area contributed by atoms with Crippen LogP contribution in [0.15, 0.2) is 89.8 Å². The molecule has 0 bridgehead atoms. The van der Waals surface area contributed by atoms with E-state index < -0.39 is 10.0 Å². The highest BCUT2D eigenvalue weighted by Gasteiger charge is 2.51. The maximum absolute atomic E-state index is 13.8. The van der Waals surface area contributed by atoms with Crippen LogP contribution in [0.1, 0.15) is 86.3 Å². The van der Waals surface area contributed by atoms with Gasteiger partial charge < -0.3 is 10.1 Å². The molecule has 0 spiro atoms. The lowest BCUT2D eigenvalue weighted by atomic mass is 9.49. The van der Waals surface area contributed by atoms with Gasteiger partial charge in [0.15, 0.2) is 0 Å². The number of nitrogens with one attached hydrogen (secondary N) is 2. The molecule has 0 aliphatic heterocycles. The van der Waals surface area contributed by atoms with E-state index in [4.69, 9.17) is 27.9 Å². The minimum absolute atomic E-state index is 0.0161. The first-order valence-electron chi connectivity index (χ1n) is 16.6. The van der Waals surface area contributed by atoms with Crippen LogP contribution in [0, 0.1) is 11.3 Å². The van der Waals surface area contributed by atoms with Crippen molar-refractivity contribution in [3.05, 3.63) is 117 Å². The van der Waals surface area contributed by atoms with Gasteiger partial charge in [-0.1, -0.05) is 87.6 Å². The molecular formula is C39H42Cl2N2O4S. The topological polar surface area (TPSA) is 84.5 Å². The minimum atomic E-state index is -4.04. The molecule has 0 saturated heterocycles. The minimum Gasteiger partial charge on any atom is -0.456 e. The number of ether oxygens (including phenoxy) is 1. The van der Waals surface area contributed by atoms with Gasteiger partial charge in [0.25, 0.3) is 15.9 Å². The van der Waals surface area contributed by atoms with Gasteiger partial charge in [-0.15, -0.1) is 0 Å². The summed E-state index contributed by atoms with van der Waals surface area (Å²) in [5, 5.41) is 3.96. The Morgan fingerprint density at radius 2 is 1.71 bits per heavy atom. The molecule has 1 amide bonds. The molecule has 6 nitrogen and oxygen atoms in total. The second-order valence-electron chi connectivity index (χ2n) is 14.1. The average molecular weight is 706 g/mol. The molecule has 48 heavy (non-hydrogen) atoms. The molecule has 2 aliphatic carbocycles. The second-order valence-corrected chi connectivity index (χ2v) is 16.6. The molecule has 0 aromatic heterocycles. The van der Waals surface area contributed by atoms with Crippen molar-refractivity contribution in [2.45, 2.75) is 76.0 Å². The Morgan fingerprint density at radius 3 is 2.44 bits per heavy atom. The van der Waals surface area contributed by atoms with Gasteiger partial charge in [0.05, 0.1) is 21.2 Å². The van der Waals surface area contributed by atoms with E-state index in [1.165, 1.54) is 41.0 Å². The maximum atomic E-state index is 13.8. The van der Waals surface area contributed by atoms with Crippen molar-refractivity contribution in [1.29, 1.82) is 0 Å². The molecule has 1 saturated carbocycles. The van der Waals surface area contributed by atoms with Crippen molar-refractivity contribution in [1.82, 2.24) is 5.32 Å². The van der Waals surface area contributed by atoms with E-state index in [9.17, 15) is 13.2 Å². The second kappa shape index (κ2) is 13.4. The Hall–Kier alpha value is -3.52. The number of rotatable bonds is 9. The Kier molecular flexibility index (Phi) is 9.60. The number of aryl methyl sites for hydroxylation is 1. The van der Waals surface area contributed by atoms with Crippen LogP contribution in [0.25, 0.3) is 0 Å². The number of hydrogen-bond acceptors (Lipinski definition) is 4. The summed E-state index contributed by atoms with van der Waals surface area (Å²) >= 11 is 12.5. The third-order valence-electron chi connectivity index (χ3n) is 10.5. The Balaban J connectivity index is 1.18. The molecule has 2 N–H and O–H groups in total. The number of fused-ring (bicyclic) bond motifs is 3. The summed E-state index contributed by atoms with van der Waals surface area (Å²) in [6.07, 6.45) is 5.32. The summed E-state index contributed by atoms with van der Waals surface area (Å²) in [7, 11) is -4.04. The van der Waals surface area contributed by atoms with Gasteiger partial charge in [-0.2, -0.15) is 0 Å². The molecule has 252 valence electrons. The fourth-order valence-electron chi connectivity index (χ4n) is 7.93. The first-order chi connectivity index (χ1) is 22.8. The fourth-order valence-corrected chi connectivity index (χ4v) is 9.36. The van der Waals surface area contributed by atoms with E-state index in [1.54, 1.807) is 42.5 Å². The summed E-state index contributed by atoms with van der Waals surface area (Å²) in [5.74, 6) is 1.42. The SMILES string of the molecule is CC(C)c1ccc2c(c1)CC[C@H]1[C@](C)(CNC(=O)c3cc(Cl)ccc3NS(=O)(=O)c3ccc(Oc4ccccc4Cl)cc3)CCC[C@]21C. The molecule has 1 fully saturated rings. The third-order valence-corrected chi connectivity index (χ3v) is 12.4. The summed E-state index contributed by atoms with van der Waals surface area (Å²) in [5.41, 5.74) is 4.53. The van der Waals surface area contributed by atoms with Crippen molar-refractivity contribution in [2.75, 3.05) is 11.3 Å². The number of amides is 1. The highest BCUT2D eigenvalue weighted by atomic mass is 35.5. The largest absolute Gasteiger partial charge is 0.456 e. The smallest absolute Gasteiger partial charge is 0.261 e. The Bertz CT molecular complexity index is 1950. The van der Waals surface area contributed by atoms with E-state index in [2.05, 4.69) is 55.9 Å². The van der Waals surface area contributed by atoms with Crippen molar-refractivity contribution in [2.24, 2.45) is 11.3 Å². The van der Waals surface area contributed by atoms with Crippen LogP contribution in [0.2, 0.25) is 10.0 Å². The fraction of sp³-hybridized carbons (Fsp3) is 0.359. The van der Waals surface area contributed by atoms with Crippen LogP contribution >= 0.6 is 23.2 Å². The highest BCUT2D eigenvalue weighted by Crippen LogP contribution is 2.57. The van der Waals surface area contributed by atoms with Gasteiger partial charge in [-0.05, 0) is 120 Å². The van der Waals surface area contributed by atoms with Crippen LogP contribution in [0.4, 0.5) is 5.69 Å². The summed E-state index contributed by atoms with van der Waals surface area (Å²) in [6.45, 7) is 9.66. The first-order valence-corrected chi connectivity index (χ1v) is 18.8. The predicted octanol–water partition coefficient (Wildman–Crippen LogP) is 10.2. The lowest BCUT2D eigenvalue weighted by molar-refractivity contribution is 0.0254. The molecule has 0 unspecified atom stereocenters. The number of sulfonamides is 1. The van der Waals surface area contributed by atoms with Gasteiger partial charge in [0.2, 0.25) is 0 Å². The number of halogens is 2. The van der Waals surface area contributed by atoms with E-state index in [1.807, 2.05) is 0 Å². The quantitative estimate of drug-likeness (QED) is 0.182. The van der Waals surface area contributed by atoms with Gasteiger partial charge in [0.1, 0.15) is 11.5 Å². The van der Waals surface area contributed by atoms with Crippen molar-refractivity contribution < 1.29 is 17.9 Å². The van der Waals surface area contributed by atoms with Crippen LogP contribution in [0.3, 0.4) is 0 Å². The van der Waals surface area contributed by atoms with E-state index >= 15 is 0 Å². The molecule has 6 rings (SSSR count). The lowest BCUT2D eigenvalue weighted by Crippen LogP contribution is -2.53.